The third kappa shape index (κ3) is 3.69. The Morgan fingerprint density at radius 3 is 2.69 bits per heavy atom. The summed E-state index contributed by atoms with van der Waals surface area (Å²) in [6, 6.07) is 2.39. The highest BCUT2D eigenvalue weighted by atomic mass is 32.1. The minimum absolute atomic E-state index is 0.285. The number of rotatable bonds is 7. The van der Waals surface area contributed by atoms with Gasteiger partial charge >= 0.3 is 0 Å². The van der Waals surface area contributed by atoms with E-state index in [9.17, 15) is 5.11 Å². The first-order chi connectivity index (χ1) is 15.4. The molecule has 4 aromatic heterocycles. The van der Waals surface area contributed by atoms with Gasteiger partial charge in [-0.2, -0.15) is 5.10 Å². The molecule has 9 heteroatoms. The predicted molar refractivity (Wildman–Crippen MR) is 128 cm³/mol. The van der Waals surface area contributed by atoms with E-state index in [1.165, 1.54) is 0 Å². The van der Waals surface area contributed by atoms with Crippen molar-refractivity contribution in [3.05, 3.63) is 30.2 Å². The SMILES string of the molecule is Cc1c(-c2ccn(C(C)C)n2)sc2nc(-c3nccn3C)nc(NC[C@H]3C[C@@H](CO)C3)c12. The molecule has 1 aliphatic rings. The highest BCUT2D eigenvalue weighted by molar-refractivity contribution is 7.22. The molecular weight excluding hydrogens is 422 g/mol. The Kier molecular flexibility index (Phi) is 5.46. The second-order valence-corrected chi connectivity index (χ2v) is 10.0. The van der Waals surface area contributed by atoms with Crippen molar-refractivity contribution in [2.24, 2.45) is 18.9 Å². The van der Waals surface area contributed by atoms with Crippen molar-refractivity contribution >= 4 is 27.4 Å². The minimum atomic E-state index is 0.285. The molecule has 0 radical (unpaired) electrons. The molecule has 168 valence electrons. The fraction of sp³-hybridized carbons (Fsp3) is 0.478. The molecular formula is C23H29N7OS. The van der Waals surface area contributed by atoms with Crippen molar-refractivity contribution in [2.75, 3.05) is 18.5 Å². The van der Waals surface area contributed by atoms with E-state index in [4.69, 9.17) is 15.1 Å². The smallest absolute Gasteiger partial charge is 0.199 e. The van der Waals surface area contributed by atoms with Crippen LogP contribution in [0.1, 0.15) is 38.3 Å². The van der Waals surface area contributed by atoms with E-state index in [1.807, 2.05) is 28.7 Å². The Balaban J connectivity index is 1.56. The largest absolute Gasteiger partial charge is 0.396 e. The molecule has 0 saturated heterocycles. The van der Waals surface area contributed by atoms with Gasteiger partial charge in [0.15, 0.2) is 11.6 Å². The summed E-state index contributed by atoms with van der Waals surface area (Å²) >= 11 is 1.65. The van der Waals surface area contributed by atoms with Gasteiger partial charge in [-0.25, -0.2) is 15.0 Å². The molecule has 4 heterocycles. The lowest BCUT2D eigenvalue weighted by Gasteiger charge is -2.34. The monoisotopic (exact) mass is 451 g/mol. The summed E-state index contributed by atoms with van der Waals surface area (Å²) in [5.74, 6) is 3.23. The molecule has 0 bridgehead atoms. The molecule has 32 heavy (non-hydrogen) atoms. The number of aliphatic hydroxyl groups is 1. The van der Waals surface area contributed by atoms with Crippen molar-refractivity contribution < 1.29 is 5.11 Å². The van der Waals surface area contributed by atoms with E-state index in [2.05, 4.69) is 37.1 Å². The third-order valence-corrected chi connectivity index (χ3v) is 7.54. The van der Waals surface area contributed by atoms with Crippen LogP contribution in [0.3, 0.4) is 0 Å². The molecule has 2 N–H and O–H groups in total. The number of fused-ring (bicyclic) bond motifs is 1. The van der Waals surface area contributed by atoms with E-state index in [-0.39, 0.29) is 6.61 Å². The molecule has 1 fully saturated rings. The van der Waals surface area contributed by atoms with Gasteiger partial charge in [0.1, 0.15) is 16.3 Å². The molecule has 1 saturated carbocycles. The lowest BCUT2D eigenvalue weighted by molar-refractivity contribution is 0.114. The Morgan fingerprint density at radius 1 is 1.22 bits per heavy atom. The van der Waals surface area contributed by atoms with E-state index in [0.717, 1.165) is 57.4 Å². The van der Waals surface area contributed by atoms with Gasteiger partial charge in [0.05, 0.1) is 10.3 Å². The topological polar surface area (TPSA) is 93.7 Å². The first-order valence-electron chi connectivity index (χ1n) is 11.1. The highest BCUT2D eigenvalue weighted by Crippen LogP contribution is 2.41. The zero-order valence-corrected chi connectivity index (χ0v) is 19.7. The van der Waals surface area contributed by atoms with Crippen molar-refractivity contribution in [1.29, 1.82) is 0 Å². The van der Waals surface area contributed by atoms with E-state index in [1.54, 1.807) is 17.5 Å². The van der Waals surface area contributed by atoms with Gasteiger partial charge in [0.25, 0.3) is 0 Å². The van der Waals surface area contributed by atoms with Crippen LogP contribution in [0.5, 0.6) is 0 Å². The Morgan fingerprint density at radius 2 is 2.03 bits per heavy atom. The number of hydrogen-bond acceptors (Lipinski definition) is 7. The molecule has 0 aromatic carbocycles. The maximum absolute atomic E-state index is 9.33. The summed E-state index contributed by atoms with van der Waals surface area (Å²) in [6.07, 6.45) is 7.82. The predicted octanol–water partition coefficient (Wildman–Crippen LogP) is 4.28. The quantitative estimate of drug-likeness (QED) is 0.436. The number of nitrogens with one attached hydrogen (secondary N) is 1. The van der Waals surface area contributed by atoms with E-state index >= 15 is 0 Å². The summed E-state index contributed by atoms with van der Waals surface area (Å²) < 4.78 is 3.92. The normalized spacial score (nSPS) is 18.4. The minimum Gasteiger partial charge on any atom is -0.396 e. The maximum atomic E-state index is 9.33. The second kappa shape index (κ2) is 8.29. The number of nitrogens with zero attached hydrogens (tertiary/aromatic N) is 6. The van der Waals surface area contributed by atoms with Crippen molar-refractivity contribution in [2.45, 2.75) is 39.7 Å². The average Bonchev–Trinajstić information content (AvgIpc) is 3.45. The van der Waals surface area contributed by atoms with Gasteiger partial charge in [-0.3, -0.25) is 4.68 Å². The van der Waals surface area contributed by atoms with Crippen LogP contribution in [-0.4, -0.2) is 47.6 Å². The van der Waals surface area contributed by atoms with Gasteiger partial charge in [-0.1, -0.05) is 0 Å². The van der Waals surface area contributed by atoms with E-state index in [0.29, 0.717) is 23.7 Å². The van der Waals surface area contributed by atoms with Crippen LogP contribution < -0.4 is 5.32 Å². The van der Waals surface area contributed by atoms with Crippen LogP contribution in [0.15, 0.2) is 24.7 Å². The van der Waals surface area contributed by atoms with Gasteiger partial charge < -0.3 is 15.0 Å². The average molecular weight is 452 g/mol. The number of thiophene rings is 1. The number of aryl methyl sites for hydroxylation is 2. The fourth-order valence-electron chi connectivity index (χ4n) is 4.37. The standard InChI is InChI=1S/C23H29N7OS/c1-13(2)30-7-5-17(28-30)19-14(3)18-20(25-11-15-9-16(10-15)12-31)26-21(27-23(18)32-19)22-24-6-8-29(22)4/h5-8,13,15-16,31H,9-12H2,1-4H3,(H,25,26,27)/t15-,16+. The van der Waals surface area contributed by atoms with Gasteiger partial charge in [-0.05, 0) is 57.1 Å². The van der Waals surface area contributed by atoms with Crippen LogP contribution >= 0.6 is 11.3 Å². The van der Waals surface area contributed by atoms with Crippen molar-refractivity contribution in [3.63, 3.8) is 0 Å². The molecule has 8 nitrogen and oxygen atoms in total. The first kappa shape index (κ1) is 21.1. The molecule has 0 atom stereocenters. The highest BCUT2D eigenvalue weighted by Gasteiger charge is 2.29. The van der Waals surface area contributed by atoms with Gasteiger partial charge in [0.2, 0.25) is 0 Å². The van der Waals surface area contributed by atoms with Crippen LogP contribution in [0.2, 0.25) is 0 Å². The molecule has 1 aliphatic carbocycles. The zero-order valence-electron chi connectivity index (χ0n) is 18.9. The summed E-state index contributed by atoms with van der Waals surface area (Å²) in [4.78, 5) is 16.3. The summed E-state index contributed by atoms with van der Waals surface area (Å²) in [5, 5.41) is 18.8. The number of aliphatic hydroxyl groups excluding tert-OH is 1. The Labute approximate surface area is 191 Å². The van der Waals surface area contributed by atoms with Crippen LogP contribution in [0, 0.1) is 18.8 Å². The Bertz CT molecular complexity index is 1250. The van der Waals surface area contributed by atoms with Gasteiger partial charge in [0, 0.05) is 44.8 Å². The second-order valence-electron chi connectivity index (χ2n) is 9.04. The lowest BCUT2D eigenvalue weighted by Crippen LogP contribution is -2.31. The summed E-state index contributed by atoms with van der Waals surface area (Å²) in [5.41, 5.74) is 2.11. The van der Waals surface area contributed by atoms with Crippen molar-refractivity contribution in [3.8, 4) is 22.2 Å². The number of imidazole rings is 1. The third-order valence-electron chi connectivity index (χ3n) is 6.33. The molecule has 5 rings (SSSR count). The molecule has 0 aliphatic heterocycles. The van der Waals surface area contributed by atoms with Gasteiger partial charge in [-0.15, -0.1) is 11.3 Å². The van der Waals surface area contributed by atoms with E-state index < -0.39 is 0 Å². The van der Waals surface area contributed by atoms with Crippen LogP contribution in [0.4, 0.5) is 5.82 Å². The Hall–Kier alpha value is -2.78. The molecule has 0 unspecified atom stereocenters. The number of hydrogen-bond donors (Lipinski definition) is 2. The summed E-state index contributed by atoms with van der Waals surface area (Å²) in [7, 11) is 1.95. The molecule has 0 spiro atoms. The molecule has 0 amide bonds. The number of aromatic nitrogens is 6. The number of anilines is 1. The first-order valence-corrected chi connectivity index (χ1v) is 11.9. The van der Waals surface area contributed by atoms with Crippen LogP contribution in [0.25, 0.3) is 32.4 Å². The lowest BCUT2D eigenvalue weighted by atomic mass is 9.75. The zero-order chi connectivity index (χ0) is 22.4. The fourth-order valence-corrected chi connectivity index (χ4v) is 5.52. The molecule has 4 aromatic rings. The van der Waals surface area contributed by atoms with Crippen LogP contribution in [-0.2, 0) is 7.05 Å². The summed E-state index contributed by atoms with van der Waals surface area (Å²) in [6.45, 7) is 7.51. The van der Waals surface area contributed by atoms with Crippen molar-refractivity contribution in [1.82, 2.24) is 29.3 Å². The maximum Gasteiger partial charge on any atom is 0.199 e.